The van der Waals surface area contributed by atoms with E-state index in [9.17, 15) is 0 Å². The van der Waals surface area contributed by atoms with Crippen LogP contribution in [0.15, 0.2) is 52.9 Å². The summed E-state index contributed by atoms with van der Waals surface area (Å²) in [6.07, 6.45) is 0. The van der Waals surface area contributed by atoms with Crippen molar-refractivity contribution in [3.63, 3.8) is 0 Å². The second-order valence-corrected chi connectivity index (χ2v) is 5.51. The van der Waals surface area contributed by atoms with Gasteiger partial charge in [0.2, 0.25) is 11.8 Å². The summed E-state index contributed by atoms with van der Waals surface area (Å²) >= 11 is 0. The summed E-state index contributed by atoms with van der Waals surface area (Å²) in [5.74, 6) is 1.17. The molecule has 0 aliphatic carbocycles. The first-order valence-electron chi connectivity index (χ1n) is 7.29. The minimum atomic E-state index is 0.560. The average Bonchev–Trinajstić information content (AvgIpc) is 2.99. The van der Waals surface area contributed by atoms with Crippen LogP contribution in [-0.2, 0) is 6.54 Å². The highest BCUT2D eigenvalue weighted by molar-refractivity contribution is 5.54. The molecule has 0 spiro atoms. The maximum Gasteiger partial charge on any atom is 0.247 e. The highest BCUT2D eigenvalue weighted by Gasteiger charge is 2.12. The zero-order valence-electron chi connectivity index (χ0n) is 13.1. The molecule has 4 heteroatoms. The molecule has 22 heavy (non-hydrogen) atoms. The van der Waals surface area contributed by atoms with Gasteiger partial charge in [-0.3, -0.25) is 0 Å². The van der Waals surface area contributed by atoms with Gasteiger partial charge in [-0.25, -0.2) is 0 Å². The molecule has 1 aromatic heterocycles. The Morgan fingerprint density at radius 3 is 2.55 bits per heavy atom. The van der Waals surface area contributed by atoms with Crippen LogP contribution in [-0.4, -0.2) is 17.2 Å². The molecule has 2 aromatic carbocycles. The van der Waals surface area contributed by atoms with E-state index in [1.54, 1.807) is 0 Å². The van der Waals surface area contributed by atoms with E-state index in [1.165, 1.54) is 16.8 Å². The molecule has 0 fully saturated rings. The summed E-state index contributed by atoms with van der Waals surface area (Å²) in [6.45, 7) is 4.79. The van der Waals surface area contributed by atoms with Gasteiger partial charge in [0.1, 0.15) is 0 Å². The van der Waals surface area contributed by atoms with E-state index in [0.717, 1.165) is 5.56 Å². The maximum absolute atomic E-state index is 5.77. The van der Waals surface area contributed by atoms with Crippen LogP contribution in [0.1, 0.15) is 17.0 Å². The summed E-state index contributed by atoms with van der Waals surface area (Å²) in [4.78, 5) is 2.13. The highest BCUT2D eigenvalue weighted by Crippen LogP contribution is 2.23. The predicted octanol–water partition coefficient (Wildman–Crippen LogP) is 3.99. The van der Waals surface area contributed by atoms with Crippen LogP contribution in [0.25, 0.3) is 11.5 Å². The first kappa shape index (κ1) is 14.3. The first-order chi connectivity index (χ1) is 10.6. The SMILES string of the molecule is Cc1ccc(C)c(N(C)Cc2nnc(-c3ccccc3)o2)c1. The number of rotatable bonds is 4. The van der Waals surface area contributed by atoms with E-state index in [2.05, 4.69) is 47.1 Å². The van der Waals surface area contributed by atoms with Crippen molar-refractivity contribution in [2.24, 2.45) is 0 Å². The Kier molecular flexibility index (Phi) is 3.92. The molecular weight excluding hydrogens is 274 g/mol. The van der Waals surface area contributed by atoms with E-state index < -0.39 is 0 Å². The Hall–Kier alpha value is -2.62. The van der Waals surface area contributed by atoms with Crippen molar-refractivity contribution in [1.29, 1.82) is 0 Å². The standard InChI is InChI=1S/C18H19N3O/c1-13-9-10-14(2)16(11-13)21(3)12-17-19-20-18(22-17)15-7-5-4-6-8-15/h4-11H,12H2,1-3H3. The normalized spacial score (nSPS) is 10.7. The molecule has 4 nitrogen and oxygen atoms in total. The Balaban J connectivity index is 1.79. The van der Waals surface area contributed by atoms with Gasteiger partial charge >= 0.3 is 0 Å². The minimum absolute atomic E-state index is 0.560. The van der Waals surface area contributed by atoms with Gasteiger partial charge in [0.25, 0.3) is 0 Å². The lowest BCUT2D eigenvalue weighted by Gasteiger charge is -2.20. The molecular formula is C18H19N3O. The van der Waals surface area contributed by atoms with Gasteiger partial charge in [-0.2, -0.15) is 0 Å². The van der Waals surface area contributed by atoms with Crippen molar-refractivity contribution in [2.75, 3.05) is 11.9 Å². The summed E-state index contributed by atoms with van der Waals surface area (Å²) in [6, 6.07) is 16.2. The summed E-state index contributed by atoms with van der Waals surface area (Å²) in [5, 5.41) is 8.28. The van der Waals surface area contributed by atoms with Crippen molar-refractivity contribution < 1.29 is 4.42 Å². The van der Waals surface area contributed by atoms with Crippen molar-refractivity contribution in [2.45, 2.75) is 20.4 Å². The number of nitrogens with zero attached hydrogens (tertiary/aromatic N) is 3. The lowest BCUT2D eigenvalue weighted by molar-refractivity contribution is 0.503. The fourth-order valence-electron chi connectivity index (χ4n) is 2.43. The van der Waals surface area contributed by atoms with Gasteiger partial charge in [0.15, 0.2) is 0 Å². The molecule has 1 heterocycles. The zero-order chi connectivity index (χ0) is 15.5. The van der Waals surface area contributed by atoms with Gasteiger partial charge in [-0.05, 0) is 43.2 Å². The molecule has 0 amide bonds. The van der Waals surface area contributed by atoms with Crippen LogP contribution in [0.5, 0.6) is 0 Å². The number of aromatic nitrogens is 2. The van der Waals surface area contributed by atoms with Crippen molar-refractivity contribution in [3.8, 4) is 11.5 Å². The van der Waals surface area contributed by atoms with E-state index in [1.807, 2.05) is 37.4 Å². The van der Waals surface area contributed by atoms with Crippen LogP contribution in [0.4, 0.5) is 5.69 Å². The quantitative estimate of drug-likeness (QED) is 0.729. The molecule has 3 rings (SSSR count). The lowest BCUT2D eigenvalue weighted by atomic mass is 10.1. The molecule has 0 atom stereocenters. The Bertz CT molecular complexity index is 765. The monoisotopic (exact) mass is 293 g/mol. The summed E-state index contributed by atoms with van der Waals surface area (Å²) in [7, 11) is 2.04. The third-order valence-electron chi connectivity index (χ3n) is 3.64. The molecule has 0 unspecified atom stereocenters. The fraction of sp³-hybridized carbons (Fsp3) is 0.222. The van der Waals surface area contributed by atoms with Crippen LogP contribution >= 0.6 is 0 Å². The summed E-state index contributed by atoms with van der Waals surface area (Å²) < 4.78 is 5.77. The number of hydrogen-bond acceptors (Lipinski definition) is 4. The molecule has 0 N–H and O–H groups in total. The van der Waals surface area contributed by atoms with Gasteiger partial charge < -0.3 is 9.32 Å². The highest BCUT2D eigenvalue weighted by atomic mass is 16.4. The molecule has 3 aromatic rings. The second kappa shape index (κ2) is 6.02. The zero-order valence-corrected chi connectivity index (χ0v) is 13.1. The fourth-order valence-corrected chi connectivity index (χ4v) is 2.43. The van der Waals surface area contributed by atoms with E-state index in [-0.39, 0.29) is 0 Å². The van der Waals surface area contributed by atoms with Crippen molar-refractivity contribution in [1.82, 2.24) is 10.2 Å². The molecule has 0 bridgehead atoms. The van der Waals surface area contributed by atoms with Crippen LogP contribution in [0, 0.1) is 13.8 Å². The number of hydrogen-bond donors (Lipinski definition) is 0. The minimum Gasteiger partial charge on any atom is -0.419 e. The van der Waals surface area contributed by atoms with Gasteiger partial charge in [-0.15, -0.1) is 10.2 Å². The molecule has 0 aliphatic rings. The van der Waals surface area contributed by atoms with Gasteiger partial charge in [-0.1, -0.05) is 30.3 Å². The second-order valence-electron chi connectivity index (χ2n) is 5.51. The van der Waals surface area contributed by atoms with Crippen LogP contribution in [0.2, 0.25) is 0 Å². The smallest absolute Gasteiger partial charge is 0.247 e. The van der Waals surface area contributed by atoms with E-state index in [4.69, 9.17) is 4.42 Å². The molecule has 112 valence electrons. The topological polar surface area (TPSA) is 42.2 Å². The largest absolute Gasteiger partial charge is 0.419 e. The van der Waals surface area contributed by atoms with Gasteiger partial charge in [0.05, 0.1) is 6.54 Å². The maximum atomic E-state index is 5.77. The first-order valence-corrected chi connectivity index (χ1v) is 7.29. The summed E-state index contributed by atoms with van der Waals surface area (Å²) in [5.41, 5.74) is 4.59. The number of anilines is 1. The molecule has 0 saturated heterocycles. The number of aryl methyl sites for hydroxylation is 2. The molecule has 0 aliphatic heterocycles. The number of benzene rings is 2. The third-order valence-corrected chi connectivity index (χ3v) is 3.64. The van der Waals surface area contributed by atoms with Crippen LogP contribution < -0.4 is 4.90 Å². The average molecular weight is 293 g/mol. The predicted molar refractivity (Wildman–Crippen MR) is 87.8 cm³/mol. The van der Waals surface area contributed by atoms with E-state index >= 15 is 0 Å². The van der Waals surface area contributed by atoms with Crippen LogP contribution in [0.3, 0.4) is 0 Å². The third kappa shape index (κ3) is 3.01. The van der Waals surface area contributed by atoms with Gasteiger partial charge in [0, 0.05) is 18.3 Å². The Morgan fingerprint density at radius 2 is 1.77 bits per heavy atom. The van der Waals surface area contributed by atoms with E-state index in [0.29, 0.717) is 18.3 Å². The lowest BCUT2D eigenvalue weighted by Crippen LogP contribution is -2.17. The van der Waals surface area contributed by atoms with Crippen molar-refractivity contribution in [3.05, 3.63) is 65.5 Å². The molecule has 0 radical (unpaired) electrons. The molecule has 0 saturated carbocycles. The Morgan fingerprint density at radius 1 is 1.00 bits per heavy atom. The van der Waals surface area contributed by atoms with Crippen molar-refractivity contribution >= 4 is 5.69 Å². The Labute approximate surface area is 130 Å².